The van der Waals surface area contributed by atoms with Crippen molar-refractivity contribution in [2.75, 3.05) is 46.4 Å². The van der Waals surface area contributed by atoms with Crippen molar-refractivity contribution in [3.05, 3.63) is 0 Å². The van der Waals surface area contributed by atoms with Gasteiger partial charge in [0.05, 0.1) is 0 Å². The van der Waals surface area contributed by atoms with Crippen LogP contribution in [0.15, 0.2) is 4.99 Å². The van der Waals surface area contributed by atoms with E-state index in [9.17, 15) is 0 Å². The number of aliphatic imine (C=N–C) groups is 1. The number of piperidine rings is 1. The first-order valence-corrected chi connectivity index (χ1v) is 10.9. The van der Waals surface area contributed by atoms with Crippen LogP contribution < -0.4 is 10.6 Å². The number of nitrogens with one attached hydrogen (secondary N) is 2. The molecule has 0 radical (unpaired) electrons. The number of guanidine groups is 1. The van der Waals surface area contributed by atoms with Crippen molar-refractivity contribution >= 4 is 29.9 Å². The van der Waals surface area contributed by atoms with Gasteiger partial charge >= 0.3 is 0 Å². The Morgan fingerprint density at radius 1 is 1.19 bits per heavy atom. The molecule has 6 heteroatoms. The van der Waals surface area contributed by atoms with Crippen molar-refractivity contribution < 1.29 is 4.74 Å². The van der Waals surface area contributed by atoms with E-state index in [1.54, 1.807) is 7.11 Å². The van der Waals surface area contributed by atoms with Crippen LogP contribution in [0.1, 0.15) is 71.6 Å². The molecule has 1 unspecified atom stereocenters. The van der Waals surface area contributed by atoms with Crippen LogP contribution >= 0.6 is 24.0 Å². The van der Waals surface area contributed by atoms with Gasteiger partial charge in [0.1, 0.15) is 0 Å². The van der Waals surface area contributed by atoms with E-state index in [1.807, 2.05) is 0 Å². The highest BCUT2D eigenvalue weighted by Crippen LogP contribution is 2.44. The molecule has 1 heterocycles. The van der Waals surface area contributed by atoms with Crippen LogP contribution in [-0.4, -0.2) is 63.3 Å². The van der Waals surface area contributed by atoms with E-state index in [0.29, 0.717) is 5.41 Å². The van der Waals surface area contributed by atoms with Crippen LogP contribution in [0.2, 0.25) is 0 Å². The van der Waals surface area contributed by atoms with E-state index in [-0.39, 0.29) is 24.0 Å². The van der Waals surface area contributed by atoms with Crippen LogP contribution in [0, 0.1) is 5.41 Å². The van der Waals surface area contributed by atoms with Gasteiger partial charge in [0.25, 0.3) is 0 Å². The Hall–Kier alpha value is -0.0800. The minimum absolute atomic E-state index is 0. The number of hydrogen-bond donors (Lipinski definition) is 2. The Labute approximate surface area is 184 Å². The molecule has 1 aliphatic heterocycles. The maximum atomic E-state index is 5.29. The average molecular weight is 495 g/mol. The summed E-state index contributed by atoms with van der Waals surface area (Å²) in [7, 11) is 1.80. The molecule has 2 fully saturated rings. The van der Waals surface area contributed by atoms with Gasteiger partial charge in [-0.2, -0.15) is 0 Å². The molecular formula is C21H43IN4O. The molecule has 0 amide bonds. The van der Waals surface area contributed by atoms with E-state index in [2.05, 4.69) is 29.4 Å². The summed E-state index contributed by atoms with van der Waals surface area (Å²) in [4.78, 5) is 7.55. The van der Waals surface area contributed by atoms with E-state index in [4.69, 9.17) is 9.73 Å². The molecule has 0 aromatic heterocycles. The number of hydrogen-bond acceptors (Lipinski definition) is 3. The molecule has 1 saturated carbocycles. The van der Waals surface area contributed by atoms with Crippen molar-refractivity contribution in [1.82, 2.24) is 15.5 Å². The summed E-state index contributed by atoms with van der Waals surface area (Å²) in [5.74, 6) is 0.988. The standard InChI is InChI=1S/C21H42N4O.HI/c1-4-22-20(24-18-21(11-9-12-21)13-17-26-3)23-14-6-8-16-25-15-7-5-10-19(25)2;/h19H,4-18H2,1-3H3,(H2,22,23,24);1H. The number of methoxy groups -OCH3 is 1. The maximum Gasteiger partial charge on any atom is 0.191 e. The average Bonchev–Trinajstić information content (AvgIpc) is 2.61. The van der Waals surface area contributed by atoms with Gasteiger partial charge in [-0.15, -0.1) is 24.0 Å². The zero-order chi connectivity index (χ0) is 18.7. The zero-order valence-corrected chi connectivity index (χ0v) is 20.2. The molecular weight excluding hydrogens is 451 g/mol. The fraction of sp³-hybridized carbons (Fsp3) is 0.952. The Morgan fingerprint density at radius 3 is 2.63 bits per heavy atom. The molecule has 2 N–H and O–H groups in total. The third-order valence-electron chi connectivity index (χ3n) is 6.27. The van der Waals surface area contributed by atoms with Crippen LogP contribution in [0.25, 0.3) is 0 Å². The fourth-order valence-electron chi connectivity index (χ4n) is 4.21. The van der Waals surface area contributed by atoms with E-state index < -0.39 is 0 Å². The summed E-state index contributed by atoms with van der Waals surface area (Å²) >= 11 is 0. The quantitative estimate of drug-likeness (QED) is 0.197. The van der Waals surface area contributed by atoms with Gasteiger partial charge in [0.15, 0.2) is 5.96 Å². The first-order chi connectivity index (χ1) is 12.7. The lowest BCUT2D eigenvalue weighted by atomic mass is 9.67. The summed E-state index contributed by atoms with van der Waals surface area (Å²) in [5.41, 5.74) is 0.392. The lowest BCUT2D eigenvalue weighted by molar-refractivity contribution is 0.0778. The van der Waals surface area contributed by atoms with Gasteiger partial charge in [-0.25, -0.2) is 0 Å². The zero-order valence-electron chi connectivity index (χ0n) is 17.9. The van der Waals surface area contributed by atoms with Crippen LogP contribution in [0.5, 0.6) is 0 Å². The molecule has 27 heavy (non-hydrogen) atoms. The van der Waals surface area contributed by atoms with Crippen molar-refractivity contribution in [2.45, 2.75) is 77.7 Å². The fourth-order valence-corrected chi connectivity index (χ4v) is 4.21. The normalized spacial score (nSPS) is 22.6. The first kappa shape index (κ1) is 25.0. The topological polar surface area (TPSA) is 48.9 Å². The lowest BCUT2D eigenvalue weighted by Gasteiger charge is -2.40. The van der Waals surface area contributed by atoms with Gasteiger partial charge in [0.2, 0.25) is 0 Å². The Balaban J connectivity index is 0.00000364. The summed E-state index contributed by atoms with van der Waals surface area (Å²) in [6.07, 6.45) is 11.7. The highest BCUT2D eigenvalue weighted by Gasteiger charge is 2.36. The number of unbranched alkanes of at least 4 members (excludes halogenated alkanes) is 1. The SMILES string of the molecule is CCNC(=NCC1(CCOC)CCC1)NCCCCN1CCCCC1C.I. The second-order valence-corrected chi connectivity index (χ2v) is 8.31. The molecule has 2 aliphatic rings. The molecule has 1 atom stereocenters. The number of rotatable bonds is 11. The molecule has 160 valence electrons. The van der Waals surface area contributed by atoms with Crippen LogP contribution in [-0.2, 0) is 4.74 Å². The number of nitrogens with zero attached hydrogens (tertiary/aromatic N) is 2. The number of ether oxygens (including phenoxy) is 1. The van der Waals surface area contributed by atoms with Gasteiger partial charge in [-0.1, -0.05) is 12.8 Å². The van der Waals surface area contributed by atoms with Crippen molar-refractivity contribution in [2.24, 2.45) is 10.4 Å². The second kappa shape index (κ2) is 14.0. The third-order valence-corrected chi connectivity index (χ3v) is 6.27. The Morgan fingerprint density at radius 2 is 2.00 bits per heavy atom. The predicted octanol–water partition coefficient (Wildman–Crippen LogP) is 4.02. The maximum absolute atomic E-state index is 5.29. The van der Waals surface area contributed by atoms with Gasteiger partial charge in [0, 0.05) is 39.4 Å². The van der Waals surface area contributed by atoms with Crippen molar-refractivity contribution in [1.29, 1.82) is 0 Å². The van der Waals surface area contributed by atoms with E-state index in [1.165, 1.54) is 64.5 Å². The minimum Gasteiger partial charge on any atom is -0.385 e. The number of likely N-dealkylation sites (tertiary alicyclic amines) is 1. The summed E-state index contributed by atoms with van der Waals surface area (Å²) < 4.78 is 5.29. The third kappa shape index (κ3) is 8.86. The summed E-state index contributed by atoms with van der Waals surface area (Å²) in [6.45, 7) is 10.8. The van der Waals surface area contributed by atoms with Gasteiger partial charge in [-0.05, 0) is 77.3 Å². The van der Waals surface area contributed by atoms with Gasteiger partial charge < -0.3 is 20.3 Å². The Kier molecular flexibility index (Phi) is 12.9. The molecule has 5 nitrogen and oxygen atoms in total. The highest BCUT2D eigenvalue weighted by molar-refractivity contribution is 14.0. The summed E-state index contributed by atoms with van der Waals surface area (Å²) in [6, 6.07) is 0.779. The molecule has 1 aliphatic carbocycles. The van der Waals surface area contributed by atoms with Crippen molar-refractivity contribution in [3.8, 4) is 0 Å². The predicted molar refractivity (Wildman–Crippen MR) is 126 cm³/mol. The second-order valence-electron chi connectivity index (χ2n) is 8.31. The molecule has 0 spiro atoms. The van der Waals surface area contributed by atoms with E-state index in [0.717, 1.165) is 44.7 Å². The monoisotopic (exact) mass is 494 g/mol. The minimum atomic E-state index is 0. The Bertz CT molecular complexity index is 415. The summed E-state index contributed by atoms with van der Waals surface area (Å²) in [5, 5.41) is 6.94. The van der Waals surface area contributed by atoms with Crippen LogP contribution in [0.3, 0.4) is 0 Å². The molecule has 0 aromatic rings. The van der Waals surface area contributed by atoms with Gasteiger partial charge in [-0.3, -0.25) is 4.99 Å². The van der Waals surface area contributed by atoms with E-state index >= 15 is 0 Å². The molecule has 1 saturated heterocycles. The largest absolute Gasteiger partial charge is 0.385 e. The van der Waals surface area contributed by atoms with Crippen molar-refractivity contribution in [3.63, 3.8) is 0 Å². The smallest absolute Gasteiger partial charge is 0.191 e. The molecule has 2 rings (SSSR count). The lowest BCUT2D eigenvalue weighted by Crippen LogP contribution is -2.41. The molecule has 0 bridgehead atoms. The van der Waals surface area contributed by atoms with Crippen LogP contribution in [0.4, 0.5) is 0 Å². The highest BCUT2D eigenvalue weighted by atomic mass is 127. The number of halogens is 1. The molecule has 0 aromatic carbocycles. The first-order valence-electron chi connectivity index (χ1n) is 10.9.